The first-order valence-electron chi connectivity index (χ1n) is 11.4. The van der Waals surface area contributed by atoms with Gasteiger partial charge in [-0.1, -0.05) is 96.2 Å². The van der Waals surface area contributed by atoms with Crippen LogP contribution in [0.3, 0.4) is 0 Å². The van der Waals surface area contributed by atoms with Crippen molar-refractivity contribution in [1.82, 2.24) is 9.36 Å². The maximum atomic E-state index is 12.6. The van der Waals surface area contributed by atoms with Crippen LogP contribution in [0.2, 0.25) is 0 Å². The molecule has 0 aliphatic carbocycles. The number of rotatable bonds is 12. The van der Waals surface area contributed by atoms with Crippen LogP contribution >= 0.6 is 11.5 Å². The Bertz CT molecular complexity index is 1200. The Kier molecular flexibility index (Phi) is 8.93. The van der Waals surface area contributed by atoms with E-state index in [9.17, 15) is 4.79 Å². The van der Waals surface area contributed by atoms with Crippen molar-refractivity contribution in [3.8, 4) is 0 Å². The molecule has 1 aromatic heterocycles. The third-order valence-corrected chi connectivity index (χ3v) is 6.06. The fourth-order valence-electron chi connectivity index (χ4n) is 3.82. The van der Waals surface area contributed by atoms with Crippen molar-refractivity contribution in [3.63, 3.8) is 0 Å². The second kappa shape index (κ2) is 12.7. The predicted octanol–water partition coefficient (Wildman–Crippen LogP) is 4.41. The molecule has 0 amide bonds. The highest BCUT2D eigenvalue weighted by Crippen LogP contribution is 2.40. The van der Waals surface area contributed by atoms with Crippen LogP contribution in [-0.4, -0.2) is 48.5 Å². The summed E-state index contributed by atoms with van der Waals surface area (Å²) in [6.07, 6.45) is 0. The first-order valence-corrected chi connectivity index (χ1v) is 12.2. The molecule has 4 rings (SSSR count). The van der Waals surface area contributed by atoms with E-state index in [-0.39, 0.29) is 24.7 Å². The van der Waals surface area contributed by atoms with E-state index < -0.39 is 11.5 Å². The number of nitrogens with zero attached hydrogens (tertiary/aromatic N) is 3. The molecule has 0 spiro atoms. The molecule has 0 saturated heterocycles. The fraction of sp³-hybridized carbons (Fsp3) is 0.185. The van der Waals surface area contributed by atoms with Crippen molar-refractivity contribution in [2.45, 2.75) is 5.54 Å². The molecule has 9 nitrogen and oxygen atoms in total. The minimum Gasteiger partial charge on any atom is -0.398 e. The van der Waals surface area contributed by atoms with Crippen molar-refractivity contribution >= 4 is 28.3 Å². The highest BCUT2D eigenvalue weighted by atomic mass is 32.1. The number of nitrogens with one attached hydrogen (secondary N) is 1. The zero-order chi connectivity index (χ0) is 25.9. The lowest BCUT2D eigenvalue weighted by Crippen LogP contribution is -2.38. The number of methoxy groups -OCH3 is 1. The number of ether oxygens (including phenoxy) is 1. The zero-order valence-electron chi connectivity index (χ0n) is 20.4. The monoisotopic (exact) mass is 518 g/mol. The van der Waals surface area contributed by atoms with Gasteiger partial charge in [-0.2, -0.15) is 14.2 Å². The Morgan fingerprint density at radius 2 is 1.41 bits per heavy atom. The minimum absolute atomic E-state index is 0.0396. The van der Waals surface area contributed by atoms with Crippen LogP contribution in [0, 0.1) is 0 Å². The summed E-state index contributed by atoms with van der Waals surface area (Å²) in [5.74, 6) is -0.847. The van der Waals surface area contributed by atoms with Gasteiger partial charge in [-0.3, -0.25) is 4.89 Å². The predicted molar refractivity (Wildman–Crippen MR) is 140 cm³/mol. The standard InChI is InChI=1S/C27H26N4O5S/c1-33-18-19-35-36-25(32)23(30-34-2)24-28-26(37-31-24)29-27(20-12-6-3-7-13-20,21-14-8-4-9-15-21)22-16-10-5-11-17-22/h3-17H,18-19H2,1-2H3,(H,28,29,31). The average Bonchev–Trinajstić information content (AvgIpc) is 3.42. The van der Waals surface area contributed by atoms with Gasteiger partial charge in [0.25, 0.3) is 0 Å². The number of aromatic nitrogens is 2. The van der Waals surface area contributed by atoms with E-state index in [4.69, 9.17) is 19.3 Å². The summed E-state index contributed by atoms with van der Waals surface area (Å²) < 4.78 is 9.21. The molecule has 0 atom stereocenters. The van der Waals surface area contributed by atoms with E-state index in [1.807, 2.05) is 54.6 Å². The normalized spacial score (nSPS) is 11.7. The van der Waals surface area contributed by atoms with Gasteiger partial charge in [-0.15, -0.1) is 0 Å². The molecule has 10 heteroatoms. The van der Waals surface area contributed by atoms with Crippen molar-refractivity contribution in [3.05, 3.63) is 114 Å². The molecule has 0 bridgehead atoms. The van der Waals surface area contributed by atoms with Gasteiger partial charge < -0.3 is 14.9 Å². The fourth-order valence-corrected chi connectivity index (χ4v) is 4.45. The van der Waals surface area contributed by atoms with Gasteiger partial charge in [0.15, 0.2) is 0 Å². The van der Waals surface area contributed by atoms with Crippen LogP contribution in [-0.2, 0) is 29.7 Å². The van der Waals surface area contributed by atoms with E-state index in [0.717, 1.165) is 28.2 Å². The van der Waals surface area contributed by atoms with Crippen LogP contribution in [0.1, 0.15) is 22.5 Å². The molecule has 1 N–H and O–H groups in total. The molecule has 0 unspecified atom stereocenters. The largest absolute Gasteiger partial charge is 0.398 e. The van der Waals surface area contributed by atoms with Gasteiger partial charge in [-0.25, -0.2) is 4.79 Å². The molecule has 3 aromatic carbocycles. The second-order valence-corrected chi connectivity index (χ2v) is 8.46. The molecular weight excluding hydrogens is 492 g/mol. The van der Waals surface area contributed by atoms with Crippen LogP contribution in [0.4, 0.5) is 5.13 Å². The first kappa shape index (κ1) is 26.0. The van der Waals surface area contributed by atoms with E-state index in [1.165, 1.54) is 14.2 Å². The van der Waals surface area contributed by atoms with Gasteiger partial charge in [0.05, 0.1) is 6.61 Å². The number of oxime groups is 1. The number of hydrogen-bond acceptors (Lipinski definition) is 10. The molecule has 0 saturated carbocycles. The highest BCUT2D eigenvalue weighted by Gasteiger charge is 2.37. The Labute approximate surface area is 218 Å². The van der Waals surface area contributed by atoms with Crippen molar-refractivity contribution in [2.75, 3.05) is 32.8 Å². The first-order chi connectivity index (χ1) is 18.2. The number of benzene rings is 3. The summed E-state index contributed by atoms with van der Waals surface area (Å²) >= 11 is 1.09. The lowest BCUT2D eigenvalue weighted by Gasteiger charge is -2.36. The molecule has 0 radical (unpaired) electrons. The Morgan fingerprint density at radius 1 is 0.865 bits per heavy atom. The van der Waals surface area contributed by atoms with Crippen LogP contribution in [0.15, 0.2) is 96.2 Å². The van der Waals surface area contributed by atoms with Crippen molar-refractivity contribution in [2.24, 2.45) is 5.16 Å². The minimum atomic E-state index is -0.886. The molecule has 0 aliphatic heterocycles. The molecule has 4 aromatic rings. The molecule has 190 valence electrons. The molecule has 1 heterocycles. The third kappa shape index (κ3) is 6.00. The van der Waals surface area contributed by atoms with E-state index >= 15 is 0 Å². The molecular formula is C27H26N4O5S. The topological polar surface area (TPSA) is 104 Å². The maximum Gasteiger partial charge on any atom is 0.398 e. The molecule has 0 aliphatic rings. The number of carbonyl (C=O) groups is 1. The van der Waals surface area contributed by atoms with Gasteiger partial charge >= 0.3 is 5.97 Å². The zero-order valence-corrected chi connectivity index (χ0v) is 21.2. The van der Waals surface area contributed by atoms with Crippen molar-refractivity contribution < 1.29 is 24.1 Å². The van der Waals surface area contributed by atoms with Crippen LogP contribution in [0.25, 0.3) is 0 Å². The smallest absolute Gasteiger partial charge is 0.398 e. The Balaban J connectivity index is 1.74. The second-order valence-electron chi connectivity index (χ2n) is 7.70. The lowest BCUT2D eigenvalue weighted by atomic mass is 9.77. The highest BCUT2D eigenvalue weighted by molar-refractivity contribution is 7.09. The molecule has 0 fully saturated rings. The number of hydrogen-bond donors (Lipinski definition) is 1. The van der Waals surface area contributed by atoms with E-state index in [2.05, 4.69) is 56.2 Å². The maximum absolute atomic E-state index is 12.6. The number of carbonyl (C=O) groups excluding carboxylic acids is 1. The van der Waals surface area contributed by atoms with E-state index in [1.54, 1.807) is 0 Å². The van der Waals surface area contributed by atoms with Crippen LogP contribution < -0.4 is 5.32 Å². The summed E-state index contributed by atoms with van der Waals surface area (Å²) in [7, 11) is 2.83. The average molecular weight is 519 g/mol. The molecule has 37 heavy (non-hydrogen) atoms. The number of anilines is 1. The summed E-state index contributed by atoms with van der Waals surface area (Å²) in [5.41, 5.74) is 1.97. The van der Waals surface area contributed by atoms with Gasteiger partial charge in [-0.05, 0) is 16.7 Å². The van der Waals surface area contributed by atoms with Gasteiger partial charge in [0.2, 0.25) is 16.7 Å². The lowest BCUT2D eigenvalue weighted by molar-refractivity contribution is -0.269. The third-order valence-electron chi connectivity index (χ3n) is 5.43. The van der Waals surface area contributed by atoms with Crippen molar-refractivity contribution in [1.29, 1.82) is 0 Å². The Morgan fingerprint density at radius 3 is 1.89 bits per heavy atom. The van der Waals surface area contributed by atoms with E-state index in [0.29, 0.717) is 5.13 Å². The summed E-state index contributed by atoms with van der Waals surface area (Å²) in [4.78, 5) is 31.6. The van der Waals surface area contributed by atoms with Gasteiger partial charge in [0, 0.05) is 18.6 Å². The van der Waals surface area contributed by atoms with Gasteiger partial charge in [0.1, 0.15) is 19.3 Å². The SMILES string of the molecule is COCCOOC(=O)C(=NOC)c1nsc(NC(c2ccccc2)(c2ccccc2)c2ccccc2)n1. The Hall–Kier alpha value is -4.12. The summed E-state index contributed by atoms with van der Waals surface area (Å²) in [6, 6.07) is 30.2. The van der Waals surface area contributed by atoms with Crippen LogP contribution in [0.5, 0.6) is 0 Å². The summed E-state index contributed by atoms with van der Waals surface area (Å²) in [5, 5.41) is 7.83. The quantitative estimate of drug-likeness (QED) is 0.0967. The summed E-state index contributed by atoms with van der Waals surface area (Å²) in [6.45, 7) is 0.321.